The summed E-state index contributed by atoms with van der Waals surface area (Å²) in [5.41, 5.74) is 5.06. The summed E-state index contributed by atoms with van der Waals surface area (Å²) in [7, 11) is 0. The third-order valence-electron chi connectivity index (χ3n) is 4.24. The molecule has 2 nitrogen and oxygen atoms in total. The van der Waals surface area contributed by atoms with Crippen LogP contribution in [0.4, 0.5) is 0 Å². The predicted molar refractivity (Wildman–Crippen MR) is 98.4 cm³/mol. The Morgan fingerprint density at radius 3 is 2.39 bits per heavy atom. The van der Waals surface area contributed by atoms with Gasteiger partial charge in [0, 0.05) is 42.3 Å². The summed E-state index contributed by atoms with van der Waals surface area (Å²) in [6.07, 6.45) is 0. The molecule has 0 radical (unpaired) electrons. The highest BCUT2D eigenvalue weighted by Gasteiger charge is 2.17. The van der Waals surface area contributed by atoms with Crippen LogP contribution in [0, 0.1) is 13.8 Å². The van der Waals surface area contributed by atoms with Crippen LogP contribution in [0.15, 0.2) is 42.5 Å². The molecule has 1 heterocycles. The first-order chi connectivity index (χ1) is 11.1. The Morgan fingerprint density at radius 2 is 1.70 bits per heavy atom. The number of nitrogens with zero attached hydrogens (tertiary/aromatic N) is 1. The van der Waals surface area contributed by atoms with E-state index in [4.69, 9.17) is 0 Å². The zero-order chi connectivity index (χ0) is 16.2. The molecule has 0 spiro atoms. The second-order valence-corrected chi connectivity index (χ2v) is 7.48. The molecular formula is C20H23NOS. The second kappa shape index (κ2) is 7.33. The van der Waals surface area contributed by atoms with Gasteiger partial charge < -0.3 is 0 Å². The Bertz CT molecular complexity index is 684. The summed E-state index contributed by atoms with van der Waals surface area (Å²) in [5, 5.41) is 0. The summed E-state index contributed by atoms with van der Waals surface area (Å²) in [5.74, 6) is 2.51. The molecule has 120 valence electrons. The Kier molecular flexibility index (Phi) is 5.19. The van der Waals surface area contributed by atoms with Crippen molar-refractivity contribution in [2.75, 3.05) is 24.6 Å². The molecule has 0 atom stereocenters. The third-order valence-corrected chi connectivity index (χ3v) is 5.19. The van der Waals surface area contributed by atoms with Gasteiger partial charge in [0.25, 0.3) is 0 Å². The van der Waals surface area contributed by atoms with Crippen LogP contribution in [-0.2, 0) is 6.54 Å². The average Bonchev–Trinajstić information content (AvgIpc) is 2.55. The van der Waals surface area contributed by atoms with Gasteiger partial charge in [0.1, 0.15) is 0 Å². The number of benzene rings is 2. The first-order valence-corrected chi connectivity index (χ1v) is 9.30. The van der Waals surface area contributed by atoms with E-state index in [9.17, 15) is 4.79 Å². The van der Waals surface area contributed by atoms with E-state index in [0.29, 0.717) is 0 Å². The maximum Gasteiger partial charge on any atom is 0.193 e. The lowest BCUT2D eigenvalue weighted by Crippen LogP contribution is -2.32. The van der Waals surface area contributed by atoms with Crippen molar-refractivity contribution >= 4 is 17.5 Å². The maximum absolute atomic E-state index is 13.0. The monoisotopic (exact) mass is 325 g/mol. The fourth-order valence-corrected chi connectivity index (χ4v) is 4.12. The highest BCUT2D eigenvalue weighted by Crippen LogP contribution is 2.20. The lowest BCUT2D eigenvalue weighted by Gasteiger charge is -2.26. The van der Waals surface area contributed by atoms with Crippen molar-refractivity contribution in [3.05, 3.63) is 70.3 Å². The maximum atomic E-state index is 13.0. The molecule has 0 N–H and O–H groups in total. The van der Waals surface area contributed by atoms with Crippen LogP contribution >= 0.6 is 11.8 Å². The SMILES string of the molecule is Cc1cc(C)cc(C(=O)c2ccccc2CN2CCSCC2)c1. The molecule has 0 amide bonds. The number of ketones is 1. The van der Waals surface area contributed by atoms with Crippen LogP contribution in [0.1, 0.15) is 32.6 Å². The van der Waals surface area contributed by atoms with Gasteiger partial charge in [0.2, 0.25) is 0 Å². The van der Waals surface area contributed by atoms with E-state index >= 15 is 0 Å². The van der Waals surface area contributed by atoms with Gasteiger partial charge in [0.15, 0.2) is 5.78 Å². The summed E-state index contributed by atoms with van der Waals surface area (Å²) in [6, 6.07) is 14.1. The average molecular weight is 325 g/mol. The van der Waals surface area contributed by atoms with Crippen molar-refractivity contribution in [3.8, 4) is 0 Å². The molecule has 2 aromatic carbocycles. The minimum absolute atomic E-state index is 0.138. The molecular weight excluding hydrogens is 302 g/mol. The van der Waals surface area contributed by atoms with Gasteiger partial charge in [-0.05, 0) is 31.5 Å². The van der Waals surface area contributed by atoms with Gasteiger partial charge in [-0.15, -0.1) is 0 Å². The Morgan fingerprint density at radius 1 is 1.04 bits per heavy atom. The quantitative estimate of drug-likeness (QED) is 0.790. The Labute approximate surface area is 142 Å². The first kappa shape index (κ1) is 16.3. The van der Waals surface area contributed by atoms with E-state index in [1.165, 1.54) is 11.5 Å². The van der Waals surface area contributed by atoms with Crippen LogP contribution in [0.3, 0.4) is 0 Å². The van der Waals surface area contributed by atoms with Crippen LogP contribution < -0.4 is 0 Å². The van der Waals surface area contributed by atoms with Crippen molar-refractivity contribution in [2.24, 2.45) is 0 Å². The fraction of sp³-hybridized carbons (Fsp3) is 0.350. The van der Waals surface area contributed by atoms with E-state index in [-0.39, 0.29) is 5.78 Å². The van der Waals surface area contributed by atoms with E-state index in [1.54, 1.807) is 0 Å². The Balaban J connectivity index is 1.88. The number of rotatable bonds is 4. The van der Waals surface area contributed by atoms with E-state index in [1.807, 2.05) is 55.9 Å². The molecule has 23 heavy (non-hydrogen) atoms. The van der Waals surface area contributed by atoms with Crippen molar-refractivity contribution < 1.29 is 4.79 Å². The topological polar surface area (TPSA) is 20.3 Å². The lowest BCUT2D eigenvalue weighted by atomic mass is 9.96. The molecule has 1 aliphatic heterocycles. The Hall–Kier alpha value is -1.58. The van der Waals surface area contributed by atoms with Gasteiger partial charge >= 0.3 is 0 Å². The molecule has 1 fully saturated rings. The van der Waals surface area contributed by atoms with Gasteiger partial charge in [-0.2, -0.15) is 11.8 Å². The molecule has 3 heteroatoms. The molecule has 0 aromatic heterocycles. The molecule has 3 rings (SSSR count). The predicted octanol–water partition coefficient (Wildman–Crippen LogP) is 4.08. The number of hydrogen-bond acceptors (Lipinski definition) is 3. The molecule has 1 aliphatic rings. The van der Waals surface area contributed by atoms with Gasteiger partial charge in [-0.3, -0.25) is 9.69 Å². The van der Waals surface area contributed by atoms with Crippen LogP contribution in [0.2, 0.25) is 0 Å². The van der Waals surface area contributed by atoms with Crippen LogP contribution in [-0.4, -0.2) is 35.3 Å². The number of aryl methyl sites for hydroxylation is 2. The highest BCUT2D eigenvalue weighted by atomic mass is 32.2. The van der Waals surface area contributed by atoms with Gasteiger partial charge in [-0.25, -0.2) is 0 Å². The van der Waals surface area contributed by atoms with Gasteiger partial charge in [0.05, 0.1) is 0 Å². The molecule has 1 saturated heterocycles. The summed E-state index contributed by atoms with van der Waals surface area (Å²) in [6.45, 7) is 7.17. The highest BCUT2D eigenvalue weighted by molar-refractivity contribution is 7.99. The lowest BCUT2D eigenvalue weighted by molar-refractivity contribution is 0.103. The van der Waals surface area contributed by atoms with Crippen LogP contribution in [0.25, 0.3) is 0 Å². The summed E-state index contributed by atoms with van der Waals surface area (Å²) in [4.78, 5) is 15.4. The minimum Gasteiger partial charge on any atom is -0.297 e. The minimum atomic E-state index is 0.138. The number of thioether (sulfide) groups is 1. The first-order valence-electron chi connectivity index (χ1n) is 8.14. The van der Waals surface area contributed by atoms with Crippen molar-refractivity contribution in [3.63, 3.8) is 0 Å². The smallest absolute Gasteiger partial charge is 0.193 e. The standard InChI is InChI=1S/C20H23NOS/c1-15-11-16(2)13-18(12-15)20(22)19-6-4-3-5-17(19)14-21-7-9-23-10-8-21/h3-6,11-13H,7-10,14H2,1-2H3. The number of carbonyl (C=O) groups is 1. The molecule has 0 bridgehead atoms. The van der Waals surface area contributed by atoms with E-state index < -0.39 is 0 Å². The van der Waals surface area contributed by atoms with Crippen molar-refractivity contribution in [2.45, 2.75) is 20.4 Å². The van der Waals surface area contributed by atoms with E-state index in [2.05, 4.69) is 17.0 Å². The largest absolute Gasteiger partial charge is 0.297 e. The van der Waals surface area contributed by atoms with Crippen molar-refractivity contribution in [1.29, 1.82) is 0 Å². The molecule has 2 aromatic rings. The molecule has 0 saturated carbocycles. The third kappa shape index (κ3) is 4.04. The second-order valence-electron chi connectivity index (χ2n) is 6.25. The summed E-state index contributed by atoms with van der Waals surface area (Å²) < 4.78 is 0. The molecule has 0 aliphatic carbocycles. The number of carbonyl (C=O) groups excluding carboxylic acids is 1. The van der Waals surface area contributed by atoms with Crippen molar-refractivity contribution in [1.82, 2.24) is 4.90 Å². The molecule has 0 unspecified atom stereocenters. The van der Waals surface area contributed by atoms with Crippen LogP contribution in [0.5, 0.6) is 0 Å². The fourth-order valence-electron chi connectivity index (χ4n) is 3.14. The zero-order valence-corrected chi connectivity index (χ0v) is 14.7. The zero-order valence-electron chi connectivity index (χ0n) is 13.8. The van der Waals surface area contributed by atoms with Gasteiger partial charge in [-0.1, -0.05) is 41.5 Å². The summed E-state index contributed by atoms with van der Waals surface area (Å²) >= 11 is 2.01. The normalized spacial score (nSPS) is 15.6. The van der Waals surface area contributed by atoms with E-state index in [0.717, 1.165) is 47.5 Å². The number of hydrogen-bond donors (Lipinski definition) is 0.